The first kappa shape index (κ1) is 7.37. The Hall–Kier alpha value is -0.280. The molecule has 2 unspecified atom stereocenters. The molecule has 0 spiro atoms. The molecule has 2 heterocycles. The molecule has 2 fully saturated rings. The SMILES string of the molecule is C=CC1SCC2CC(=O)CN21. The van der Waals surface area contributed by atoms with Crippen molar-refractivity contribution in [2.45, 2.75) is 17.8 Å². The zero-order valence-electron chi connectivity index (χ0n) is 6.32. The average Bonchev–Trinajstić information content (AvgIpc) is 2.45. The van der Waals surface area contributed by atoms with E-state index in [1.54, 1.807) is 0 Å². The van der Waals surface area contributed by atoms with Gasteiger partial charge in [-0.3, -0.25) is 9.69 Å². The monoisotopic (exact) mass is 169 g/mol. The van der Waals surface area contributed by atoms with Crippen LogP contribution < -0.4 is 0 Å². The third kappa shape index (κ3) is 1.12. The highest BCUT2D eigenvalue weighted by molar-refractivity contribution is 8.00. The van der Waals surface area contributed by atoms with Crippen molar-refractivity contribution in [1.29, 1.82) is 0 Å². The van der Waals surface area contributed by atoms with Gasteiger partial charge in [-0.2, -0.15) is 0 Å². The molecule has 2 aliphatic rings. The van der Waals surface area contributed by atoms with Gasteiger partial charge >= 0.3 is 0 Å². The van der Waals surface area contributed by atoms with E-state index in [1.807, 2.05) is 17.8 Å². The lowest BCUT2D eigenvalue weighted by atomic mass is 10.2. The lowest BCUT2D eigenvalue weighted by molar-refractivity contribution is -0.116. The Morgan fingerprint density at radius 2 is 2.55 bits per heavy atom. The fraction of sp³-hybridized carbons (Fsp3) is 0.625. The van der Waals surface area contributed by atoms with Crippen LogP contribution in [-0.4, -0.2) is 34.4 Å². The van der Waals surface area contributed by atoms with Crippen molar-refractivity contribution in [3.8, 4) is 0 Å². The summed E-state index contributed by atoms with van der Waals surface area (Å²) in [5.74, 6) is 1.49. The second kappa shape index (κ2) is 2.64. The highest BCUT2D eigenvalue weighted by Gasteiger charge is 2.39. The van der Waals surface area contributed by atoms with E-state index in [0.29, 0.717) is 23.7 Å². The summed E-state index contributed by atoms with van der Waals surface area (Å²) in [4.78, 5) is 13.3. The van der Waals surface area contributed by atoms with Crippen LogP contribution in [0.1, 0.15) is 6.42 Å². The Kier molecular flexibility index (Phi) is 1.77. The van der Waals surface area contributed by atoms with Crippen LogP contribution in [0.25, 0.3) is 0 Å². The molecule has 11 heavy (non-hydrogen) atoms. The molecule has 0 bridgehead atoms. The Bertz CT molecular complexity index is 204. The van der Waals surface area contributed by atoms with Crippen LogP contribution in [0.2, 0.25) is 0 Å². The zero-order chi connectivity index (χ0) is 7.84. The maximum atomic E-state index is 11.0. The molecule has 0 saturated carbocycles. The molecule has 0 amide bonds. The maximum absolute atomic E-state index is 11.0. The van der Waals surface area contributed by atoms with Crippen LogP contribution in [0.5, 0.6) is 0 Å². The highest BCUT2D eigenvalue weighted by Crippen LogP contribution is 2.34. The Labute approximate surface area is 70.6 Å². The van der Waals surface area contributed by atoms with E-state index in [2.05, 4.69) is 11.5 Å². The van der Waals surface area contributed by atoms with Gasteiger partial charge in [-0.25, -0.2) is 0 Å². The van der Waals surface area contributed by atoms with Gasteiger partial charge in [0.2, 0.25) is 0 Å². The number of nitrogens with zero attached hydrogens (tertiary/aromatic N) is 1. The quantitative estimate of drug-likeness (QED) is 0.544. The number of carbonyl (C=O) groups is 1. The van der Waals surface area contributed by atoms with Crippen LogP contribution in [0.3, 0.4) is 0 Å². The van der Waals surface area contributed by atoms with Gasteiger partial charge in [-0.15, -0.1) is 18.3 Å². The molecule has 2 nitrogen and oxygen atoms in total. The molecule has 0 aliphatic carbocycles. The summed E-state index contributed by atoms with van der Waals surface area (Å²) in [6.45, 7) is 4.40. The normalized spacial score (nSPS) is 37.6. The summed E-state index contributed by atoms with van der Waals surface area (Å²) in [6, 6.07) is 0.510. The fourth-order valence-electron chi connectivity index (χ4n) is 1.74. The second-order valence-corrected chi connectivity index (χ2v) is 4.18. The smallest absolute Gasteiger partial charge is 0.148 e. The summed E-state index contributed by atoms with van der Waals surface area (Å²) >= 11 is 1.89. The topological polar surface area (TPSA) is 20.3 Å². The number of fused-ring (bicyclic) bond motifs is 1. The average molecular weight is 169 g/mol. The summed E-state index contributed by atoms with van der Waals surface area (Å²) in [5.41, 5.74) is 0. The van der Waals surface area contributed by atoms with Crippen molar-refractivity contribution in [2.75, 3.05) is 12.3 Å². The number of rotatable bonds is 1. The first-order valence-corrected chi connectivity index (χ1v) is 4.88. The fourth-order valence-corrected chi connectivity index (χ4v) is 3.04. The number of hydrogen-bond acceptors (Lipinski definition) is 3. The minimum Gasteiger partial charge on any atom is -0.298 e. The van der Waals surface area contributed by atoms with Gasteiger partial charge in [-0.05, 0) is 0 Å². The first-order valence-electron chi connectivity index (χ1n) is 3.83. The van der Waals surface area contributed by atoms with Crippen LogP contribution in [-0.2, 0) is 4.79 Å². The molecule has 2 rings (SSSR count). The zero-order valence-corrected chi connectivity index (χ0v) is 7.14. The lowest BCUT2D eigenvalue weighted by Crippen LogP contribution is -2.29. The van der Waals surface area contributed by atoms with Gasteiger partial charge in [0.05, 0.1) is 11.9 Å². The van der Waals surface area contributed by atoms with E-state index in [1.165, 1.54) is 0 Å². The van der Waals surface area contributed by atoms with Gasteiger partial charge in [0, 0.05) is 18.2 Å². The molecule has 60 valence electrons. The molecule has 0 radical (unpaired) electrons. The minimum atomic E-state index is 0.391. The van der Waals surface area contributed by atoms with Gasteiger partial charge in [-0.1, -0.05) is 6.08 Å². The molecular weight excluding hydrogens is 158 g/mol. The summed E-state index contributed by atoms with van der Waals surface area (Å²) in [7, 11) is 0. The molecule has 2 saturated heterocycles. The first-order chi connectivity index (χ1) is 5.31. The summed E-state index contributed by atoms with van der Waals surface area (Å²) in [6.07, 6.45) is 2.70. The van der Waals surface area contributed by atoms with Crippen molar-refractivity contribution in [3.05, 3.63) is 12.7 Å². The third-order valence-electron chi connectivity index (χ3n) is 2.28. The van der Waals surface area contributed by atoms with Gasteiger partial charge < -0.3 is 0 Å². The minimum absolute atomic E-state index is 0.391. The molecule has 0 aromatic heterocycles. The summed E-state index contributed by atoms with van der Waals surface area (Å²) in [5, 5.41) is 0.395. The molecule has 0 N–H and O–H groups in total. The molecule has 3 heteroatoms. The summed E-state index contributed by atoms with van der Waals surface area (Å²) < 4.78 is 0. The molecule has 0 aromatic rings. The van der Waals surface area contributed by atoms with E-state index in [-0.39, 0.29) is 0 Å². The van der Waals surface area contributed by atoms with Crippen LogP contribution in [0.4, 0.5) is 0 Å². The number of carbonyl (C=O) groups excluding carboxylic acids is 1. The van der Waals surface area contributed by atoms with E-state index in [4.69, 9.17) is 0 Å². The molecule has 0 aromatic carbocycles. The van der Waals surface area contributed by atoms with Gasteiger partial charge in [0.1, 0.15) is 5.78 Å². The van der Waals surface area contributed by atoms with E-state index in [0.717, 1.165) is 12.2 Å². The Morgan fingerprint density at radius 1 is 1.73 bits per heavy atom. The standard InChI is InChI=1S/C8H11NOS/c1-2-8-9-4-7(10)3-6(9)5-11-8/h2,6,8H,1,3-5H2. The molecular formula is C8H11NOS. The molecule has 2 aliphatic heterocycles. The number of thioether (sulfide) groups is 1. The van der Waals surface area contributed by atoms with E-state index >= 15 is 0 Å². The second-order valence-electron chi connectivity index (χ2n) is 3.03. The van der Waals surface area contributed by atoms with Crippen LogP contribution in [0, 0.1) is 0 Å². The number of ketones is 1. The number of Topliss-reactive ketones (excluding diaryl/α,β-unsaturated/α-hetero) is 1. The maximum Gasteiger partial charge on any atom is 0.148 e. The van der Waals surface area contributed by atoms with Gasteiger partial charge in [0.15, 0.2) is 0 Å². The largest absolute Gasteiger partial charge is 0.298 e. The Balaban J connectivity index is 2.12. The van der Waals surface area contributed by atoms with Crippen LogP contribution >= 0.6 is 11.8 Å². The highest BCUT2D eigenvalue weighted by atomic mass is 32.2. The van der Waals surface area contributed by atoms with Crippen LogP contribution in [0.15, 0.2) is 12.7 Å². The van der Waals surface area contributed by atoms with E-state index < -0.39 is 0 Å². The molecule has 2 atom stereocenters. The predicted molar refractivity (Wildman–Crippen MR) is 46.6 cm³/mol. The van der Waals surface area contributed by atoms with Crippen molar-refractivity contribution in [2.24, 2.45) is 0 Å². The van der Waals surface area contributed by atoms with Crippen molar-refractivity contribution in [3.63, 3.8) is 0 Å². The third-order valence-corrected chi connectivity index (χ3v) is 3.66. The van der Waals surface area contributed by atoms with Gasteiger partial charge in [0.25, 0.3) is 0 Å². The number of hydrogen-bond donors (Lipinski definition) is 0. The van der Waals surface area contributed by atoms with Crippen molar-refractivity contribution >= 4 is 17.5 Å². The lowest BCUT2D eigenvalue weighted by Gasteiger charge is -2.17. The predicted octanol–water partition coefficient (Wildman–Crippen LogP) is 0.889. The van der Waals surface area contributed by atoms with Crippen molar-refractivity contribution in [1.82, 2.24) is 4.90 Å². The van der Waals surface area contributed by atoms with Crippen molar-refractivity contribution < 1.29 is 4.79 Å². The Morgan fingerprint density at radius 3 is 3.27 bits per heavy atom. The van der Waals surface area contributed by atoms with E-state index in [9.17, 15) is 4.79 Å².